The van der Waals surface area contributed by atoms with Crippen molar-refractivity contribution in [3.05, 3.63) is 40.2 Å². The summed E-state index contributed by atoms with van der Waals surface area (Å²) >= 11 is 3.28. The minimum atomic E-state index is -5.08. The molecule has 0 spiro atoms. The number of hydrogen-bond donors (Lipinski definition) is 2. The summed E-state index contributed by atoms with van der Waals surface area (Å²) in [5, 5.41) is 10.1. The normalized spacial score (nSPS) is 14.1. The van der Waals surface area contributed by atoms with Crippen LogP contribution in [0.15, 0.2) is 28.7 Å². The first-order valence-corrected chi connectivity index (χ1v) is 12.1. The topological polar surface area (TPSA) is 81.6 Å². The van der Waals surface area contributed by atoms with E-state index in [1.165, 1.54) is 38.4 Å². The van der Waals surface area contributed by atoms with Gasteiger partial charge in [-0.15, -0.1) is 0 Å². The first kappa shape index (κ1) is 28.8. The maximum atomic E-state index is 14.1. The molecular weight excluding hydrogens is 534 g/mol. The SMILES string of the molecule is CCN(CCCN1CCCCC1)c1cc(C)nc(Nc2ccc(Br)cc2F)n1.O=C(O)C(F)(F)F. The number of benzene rings is 1. The summed E-state index contributed by atoms with van der Waals surface area (Å²) < 4.78 is 46.6. The van der Waals surface area contributed by atoms with E-state index in [0.717, 1.165) is 37.6 Å². The molecule has 3 rings (SSSR count). The predicted molar refractivity (Wildman–Crippen MR) is 131 cm³/mol. The van der Waals surface area contributed by atoms with Gasteiger partial charge >= 0.3 is 12.1 Å². The molecule has 1 aliphatic rings. The van der Waals surface area contributed by atoms with Gasteiger partial charge in [-0.25, -0.2) is 14.2 Å². The fraction of sp³-hybridized carbons (Fsp3) is 0.522. The van der Waals surface area contributed by atoms with Gasteiger partial charge in [0.05, 0.1) is 5.69 Å². The minimum absolute atomic E-state index is 0.338. The molecule has 0 bridgehead atoms. The Balaban J connectivity index is 0.000000540. The summed E-state index contributed by atoms with van der Waals surface area (Å²) in [6.45, 7) is 9.50. The summed E-state index contributed by atoms with van der Waals surface area (Å²) in [6.07, 6.45) is 0.0437. The third-order valence-corrected chi connectivity index (χ3v) is 5.81. The maximum absolute atomic E-state index is 14.1. The highest BCUT2D eigenvalue weighted by molar-refractivity contribution is 9.10. The average Bonchev–Trinajstić information content (AvgIpc) is 2.79. The molecule has 194 valence electrons. The first-order valence-electron chi connectivity index (χ1n) is 11.3. The Morgan fingerprint density at radius 3 is 2.43 bits per heavy atom. The van der Waals surface area contributed by atoms with E-state index in [2.05, 4.69) is 47.9 Å². The average molecular weight is 564 g/mol. The molecular formula is C23H30BrF4N5O2. The number of aryl methyl sites for hydroxylation is 1. The molecule has 12 heteroatoms. The van der Waals surface area contributed by atoms with Gasteiger partial charge in [0, 0.05) is 29.3 Å². The number of nitrogens with one attached hydrogen (secondary N) is 1. The van der Waals surface area contributed by atoms with Crippen LogP contribution in [0.4, 0.5) is 35.0 Å². The van der Waals surface area contributed by atoms with Crippen LogP contribution in [0.25, 0.3) is 0 Å². The Labute approximate surface area is 210 Å². The zero-order valence-corrected chi connectivity index (χ0v) is 21.3. The van der Waals surface area contributed by atoms with E-state index in [4.69, 9.17) is 9.90 Å². The molecule has 2 aromatic rings. The zero-order chi connectivity index (χ0) is 26.0. The van der Waals surface area contributed by atoms with Gasteiger partial charge in [-0.3, -0.25) is 0 Å². The Hall–Kier alpha value is -2.47. The van der Waals surface area contributed by atoms with Crippen molar-refractivity contribution in [1.29, 1.82) is 0 Å². The lowest BCUT2D eigenvalue weighted by Gasteiger charge is -2.28. The molecule has 0 amide bonds. The van der Waals surface area contributed by atoms with Gasteiger partial charge in [-0.1, -0.05) is 22.4 Å². The van der Waals surface area contributed by atoms with E-state index in [0.29, 0.717) is 16.1 Å². The Kier molecular flexibility index (Phi) is 11.2. The molecule has 1 aromatic carbocycles. The fourth-order valence-electron chi connectivity index (χ4n) is 3.58. The minimum Gasteiger partial charge on any atom is -0.475 e. The third-order valence-electron chi connectivity index (χ3n) is 5.32. The molecule has 35 heavy (non-hydrogen) atoms. The van der Waals surface area contributed by atoms with Gasteiger partial charge in [-0.05, 0) is 70.9 Å². The quantitative estimate of drug-likeness (QED) is 0.395. The Morgan fingerprint density at radius 2 is 1.86 bits per heavy atom. The van der Waals surface area contributed by atoms with Crippen LogP contribution in [-0.2, 0) is 4.79 Å². The van der Waals surface area contributed by atoms with E-state index in [-0.39, 0.29) is 5.82 Å². The molecule has 0 unspecified atom stereocenters. The predicted octanol–water partition coefficient (Wildman–Crippen LogP) is 5.77. The van der Waals surface area contributed by atoms with Crippen molar-refractivity contribution in [3.63, 3.8) is 0 Å². The number of carboxylic acid groups (broad SMARTS) is 1. The van der Waals surface area contributed by atoms with Crippen molar-refractivity contribution in [3.8, 4) is 0 Å². The van der Waals surface area contributed by atoms with E-state index in [1.54, 1.807) is 12.1 Å². The Morgan fingerprint density at radius 1 is 1.20 bits per heavy atom. The molecule has 7 nitrogen and oxygen atoms in total. The van der Waals surface area contributed by atoms with Gasteiger partial charge in [0.15, 0.2) is 0 Å². The number of aliphatic carboxylic acids is 1. The maximum Gasteiger partial charge on any atom is 0.490 e. The summed E-state index contributed by atoms with van der Waals surface area (Å²) in [7, 11) is 0. The molecule has 0 saturated carbocycles. The highest BCUT2D eigenvalue weighted by Crippen LogP contribution is 2.23. The lowest BCUT2D eigenvalue weighted by atomic mass is 10.1. The molecule has 0 radical (unpaired) electrons. The second-order valence-electron chi connectivity index (χ2n) is 8.08. The van der Waals surface area contributed by atoms with Crippen LogP contribution in [0.1, 0.15) is 38.3 Å². The van der Waals surface area contributed by atoms with Crippen LogP contribution in [0.3, 0.4) is 0 Å². The van der Waals surface area contributed by atoms with Crippen molar-refractivity contribution in [2.75, 3.05) is 42.9 Å². The standard InChI is InChI=1S/C21H29BrFN5.C2HF3O2/c1-3-28(13-7-12-27-10-5-4-6-11-27)20-14-16(2)24-21(26-20)25-19-9-8-17(22)15-18(19)23;3-2(4,5)1(6)7/h8-9,14-15H,3-7,10-13H2,1-2H3,(H,24,25,26);(H,6,7). The molecule has 0 atom stereocenters. The van der Waals surface area contributed by atoms with Crippen molar-refractivity contribution in [1.82, 2.24) is 14.9 Å². The second kappa shape index (κ2) is 13.6. The lowest BCUT2D eigenvalue weighted by molar-refractivity contribution is -0.192. The number of nitrogens with zero attached hydrogens (tertiary/aromatic N) is 4. The fourth-order valence-corrected chi connectivity index (χ4v) is 3.92. The van der Waals surface area contributed by atoms with Crippen molar-refractivity contribution in [2.45, 2.75) is 45.7 Å². The van der Waals surface area contributed by atoms with Gasteiger partial charge in [0.2, 0.25) is 5.95 Å². The number of alkyl halides is 3. The van der Waals surface area contributed by atoms with Gasteiger partial charge in [0.1, 0.15) is 11.6 Å². The summed E-state index contributed by atoms with van der Waals surface area (Å²) in [5.41, 5.74) is 1.23. The lowest BCUT2D eigenvalue weighted by Crippen LogP contribution is -2.33. The number of anilines is 3. The van der Waals surface area contributed by atoms with Crippen LogP contribution in [0, 0.1) is 12.7 Å². The largest absolute Gasteiger partial charge is 0.490 e. The molecule has 0 aliphatic carbocycles. The summed E-state index contributed by atoms with van der Waals surface area (Å²) in [5.74, 6) is -1.79. The summed E-state index contributed by atoms with van der Waals surface area (Å²) in [4.78, 5) is 22.8. The molecule has 2 N–H and O–H groups in total. The van der Waals surface area contributed by atoms with E-state index < -0.39 is 12.1 Å². The van der Waals surface area contributed by atoms with Crippen LogP contribution in [-0.4, -0.2) is 64.8 Å². The number of carbonyl (C=O) groups is 1. The monoisotopic (exact) mass is 563 g/mol. The molecule has 1 fully saturated rings. The smallest absolute Gasteiger partial charge is 0.475 e. The van der Waals surface area contributed by atoms with E-state index in [1.807, 2.05) is 13.0 Å². The number of rotatable bonds is 8. The molecule has 1 aliphatic heterocycles. The van der Waals surface area contributed by atoms with E-state index >= 15 is 0 Å². The molecule has 2 heterocycles. The third kappa shape index (κ3) is 9.96. The first-order chi connectivity index (χ1) is 16.5. The number of carboxylic acids is 1. The van der Waals surface area contributed by atoms with Crippen molar-refractivity contribution in [2.24, 2.45) is 0 Å². The molecule has 1 aromatic heterocycles. The number of halogens is 5. The highest BCUT2D eigenvalue weighted by atomic mass is 79.9. The van der Waals surface area contributed by atoms with Gasteiger partial charge < -0.3 is 20.2 Å². The van der Waals surface area contributed by atoms with Gasteiger partial charge in [0.25, 0.3) is 0 Å². The van der Waals surface area contributed by atoms with Crippen LogP contribution in [0.2, 0.25) is 0 Å². The highest BCUT2D eigenvalue weighted by Gasteiger charge is 2.38. The van der Waals surface area contributed by atoms with Crippen molar-refractivity contribution >= 4 is 39.4 Å². The number of likely N-dealkylation sites (tertiary alicyclic amines) is 1. The van der Waals surface area contributed by atoms with Gasteiger partial charge in [-0.2, -0.15) is 18.2 Å². The van der Waals surface area contributed by atoms with Crippen LogP contribution >= 0.6 is 15.9 Å². The zero-order valence-electron chi connectivity index (χ0n) is 19.7. The van der Waals surface area contributed by atoms with Crippen LogP contribution in [0.5, 0.6) is 0 Å². The number of piperidine rings is 1. The Bertz CT molecular complexity index is 971. The van der Waals surface area contributed by atoms with Crippen molar-refractivity contribution < 1.29 is 27.5 Å². The number of aromatic nitrogens is 2. The molecule has 1 saturated heterocycles. The summed E-state index contributed by atoms with van der Waals surface area (Å²) in [6, 6.07) is 6.90. The van der Waals surface area contributed by atoms with E-state index in [9.17, 15) is 17.6 Å². The number of hydrogen-bond acceptors (Lipinski definition) is 6. The van der Waals surface area contributed by atoms with Crippen LogP contribution < -0.4 is 10.2 Å². The second-order valence-corrected chi connectivity index (χ2v) is 8.99.